The maximum absolute atomic E-state index is 2.34. The number of hydrogen-bond donors (Lipinski definition) is 0. The largest absolute Gasteiger partial charge is 0.144 e. The second kappa shape index (κ2) is 8.66. The van der Waals surface area contributed by atoms with Gasteiger partial charge >= 0.3 is 0 Å². The summed E-state index contributed by atoms with van der Waals surface area (Å²) in [5.74, 6) is 0. The molecule has 4 rings (SSSR count). The SMILES string of the molecule is CCCCCCc1ccc(-c2sccc2-c2sccc2-c2cccs2)s1. The van der Waals surface area contributed by atoms with Gasteiger partial charge in [0.05, 0.1) is 4.88 Å². The van der Waals surface area contributed by atoms with E-state index in [-0.39, 0.29) is 0 Å². The van der Waals surface area contributed by atoms with Gasteiger partial charge in [-0.05, 0) is 59.3 Å². The standard InChI is InChI=1S/C22H22S4/c1-2-3-4-5-7-16-9-10-20(26-16)22-18(12-15-25-22)21-17(11-14-24-21)19-8-6-13-23-19/h6,8-15H,2-5,7H2,1H3. The number of thiophene rings is 4. The minimum atomic E-state index is 1.23. The summed E-state index contributed by atoms with van der Waals surface area (Å²) in [6.45, 7) is 2.27. The van der Waals surface area contributed by atoms with E-state index in [4.69, 9.17) is 0 Å². The molecular formula is C22H22S4. The monoisotopic (exact) mass is 414 g/mol. The van der Waals surface area contributed by atoms with Crippen molar-refractivity contribution in [3.8, 4) is 30.6 Å². The van der Waals surface area contributed by atoms with Crippen molar-refractivity contribution in [2.45, 2.75) is 39.0 Å². The minimum Gasteiger partial charge on any atom is -0.144 e. The van der Waals surface area contributed by atoms with Gasteiger partial charge in [0.15, 0.2) is 0 Å². The molecule has 4 heteroatoms. The van der Waals surface area contributed by atoms with Gasteiger partial charge in [0, 0.05) is 30.6 Å². The Bertz CT molecular complexity index is 937. The summed E-state index contributed by atoms with van der Waals surface area (Å²) >= 11 is 7.54. The van der Waals surface area contributed by atoms with Crippen LogP contribution >= 0.6 is 45.3 Å². The molecule has 0 radical (unpaired) electrons. The van der Waals surface area contributed by atoms with Crippen molar-refractivity contribution in [1.82, 2.24) is 0 Å². The number of hydrogen-bond acceptors (Lipinski definition) is 4. The van der Waals surface area contributed by atoms with Crippen molar-refractivity contribution in [3.05, 3.63) is 57.4 Å². The normalized spacial score (nSPS) is 11.3. The molecule has 0 fully saturated rings. The maximum Gasteiger partial charge on any atom is 0.0529 e. The highest BCUT2D eigenvalue weighted by Crippen LogP contribution is 2.46. The first kappa shape index (κ1) is 18.2. The molecule has 0 bridgehead atoms. The topological polar surface area (TPSA) is 0 Å². The lowest BCUT2D eigenvalue weighted by atomic mass is 10.1. The molecule has 134 valence electrons. The van der Waals surface area contributed by atoms with Gasteiger partial charge in [0.2, 0.25) is 0 Å². The molecule has 0 aromatic carbocycles. The summed E-state index contributed by atoms with van der Waals surface area (Å²) in [5, 5.41) is 6.62. The fraction of sp³-hybridized carbons (Fsp3) is 0.273. The fourth-order valence-corrected chi connectivity index (χ4v) is 7.11. The number of aryl methyl sites for hydroxylation is 1. The summed E-state index contributed by atoms with van der Waals surface area (Å²) in [7, 11) is 0. The number of unbranched alkanes of at least 4 members (excludes halogenated alkanes) is 3. The van der Waals surface area contributed by atoms with Crippen LogP contribution in [0, 0.1) is 0 Å². The van der Waals surface area contributed by atoms with Gasteiger partial charge in [-0.1, -0.05) is 32.3 Å². The van der Waals surface area contributed by atoms with Crippen LogP contribution in [0.3, 0.4) is 0 Å². The first-order valence-corrected chi connectivity index (χ1v) is 12.6. The van der Waals surface area contributed by atoms with Gasteiger partial charge in [0.25, 0.3) is 0 Å². The Morgan fingerprint density at radius 1 is 0.692 bits per heavy atom. The highest BCUT2D eigenvalue weighted by atomic mass is 32.1. The van der Waals surface area contributed by atoms with Crippen LogP contribution in [-0.4, -0.2) is 0 Å². The molecule has 0 saturated heterocycles. The van der Waals surface area contributed by atoms with E-state index >= 15 is 0 Å². The molecule has 0 N–H and O–H groups in total. The van der Waals surface area contributed by atoms with E-state index in [0.29, 0.717) is 0 Å². The molecule has 0 saturated carbocycles. The van der Waals surface area contributed by atoms with E-state index in [1.807, 2.05) is 45.3 Å². The lowest BCUT2D eigenvalue weighted by molar-refractivity contribution is 0.670. The highest BCUT2D eigenvalue weighted by molar-refractivity contribution is 7.22. The molecule has 0 spiro atoms. The van der Waals surface area contributed by atoms with Gasteiger partial charge in [-0.15, -0.1) is 45.3 Å². The zero-order chi connectivity index (χ0) is 17.8. The predicted octanol–water partition coefficient (Wildman–Crippen LogP) is 9.06. The highest BCUT2D eigenvalue weighted by Gasteiger charge is 2.16. The summed E-state index contributed by atoms with van der Waals surface area (Å²) in [6, 6.07) is 13.6. The van der Waals surface area contributed by atoms with Crippen molar-refractivity contribution >= 4 is 45.3 Å². The lowest BCUT2D eigenvalue weighted by Gasteiger charge is -2.03. The third-order valence-corrected chi connectivity index (χ3v) is 8.61. The van der Waals surface area contributed by atoms with Gasteiger partial charge in [0.1, 0.15) is 0 Å². The van der Waals surface area contributed by atoms with E-state index in [1.165, 1.54) is 67.6 Å². The van der Waals surface area contributed by atoms with Crippen LogP contribution in [0.25, 0.3) is 30.6 Å². The van der Waals surface area contributed by atoms with E-state index in [0.717, 1.165) is 0 Å². The molecule has 0 unspecified atom stereocenters. The van der Waals surface area contributed by atoms with E-state index < -0.39 is 0 Å². The third-order valence-electron chi connectivity index (χ3n) is 4.52. The number of rotatable bonds is 8. The molecule has 0 aliphatic rings. The Morgan fingerprint density at radius 3 is 2.35 bits per heavy atom. The van der Waals surface area contributed by atoms with Gasteiger partial charge in [-0.25, -0.2) is 0 Å². The smallest absolute Gasteiger partial charge is 0.0529 e. The molecule has 4 aromatic heterocycles. The summed E-state index contributed by atoms with van der Waals surface area (Å²) in [6.07, 6.45) is 6.57. The molecule has 0 amide bonds. The third kappa shape index (κ3) is 3.89. The Morgan fingerprint density at radius 2 is 1.54 bits per heavy atom. The molecule has 0 aliphatic carbocycles. The lowest BCUT2D eigenvalue weighted by Crippen LogP contribution is -1.80. The quantitative estimate of drug-likeness (QED) is 0.252. The van der Waals surface area contributed by atoms with Crippen LogP contribution in [0.5, 0.6) is 0 Å². The van der Waals surface area contributed by atoms with Gasteiger partial charge in [-0.2, -0.15) is 0 Å². The van der Waals surface area contributed by atoms with E-state index in [9.17, 15) is 0 Å². The van der Waals surface area contributed by atoms with Crippen molar-refractivity contribution in [2.24, 2.45) is 0 Å². The molecule has 4 aromatic rings. The Hall–Kier alpha value is -1.20. The molecule has 0 atom stereocenters. The molecule has 0 aliphatic heterocycles. The van der Waals surface area contributed by atoms with Gasteiger partial charge < -0.3 is 0 Å². The Labute approximate surface area is 171 Å². The van der Waals surface area contributed by atoms with E-state index in [1.54, 1.807) is 0 Å². The summed E-state index contributed by atoms with van der Waals surface area (Å²) in [4.78, 5) is 7.14. The van der Waals surface area contributed by atoms with Crippen LogP contribution in [0.4, 0.5) is 0 Å². The van der Waals surface area contributed by atoms with Crippen LogP contribution in [0.15, 0.2) is 52.5 Å². The van der Waals surface area contributed by atoms with Crippen LogP contribution in [0.2, 0.25) is 0 Å². The van der Waals surface area contributed by atoms with Gasteiger partial charge in [-0.3, -0.25) is 0 Å². The second-order valence-electron chi connectivity index (χ2n) is 6.38. The minimum absolute atomic E-state index is 1.23. The Balaban J connectivity index is 1.59. The molecule has 0 nitrogen and oxygen atoms in total. The van der Waals surface area contributed by atoms with E-state index in [2.05, 4.69) is 59.5 Å². The van der Waals surface area contributed by atoms with Crippen molar-refractivity contribution < 1.29 is 0 Å². The van der Waals surface area contributed by atoms with Crippen LogP contribution < -0.4 is 0 Å². The summed E-state index contributed by atoms with van der Waals surface area (Å²) < 4.78 is 0. The zero-order valence-corrected chi connectivity index (χ0v) is 18.1. The van der Waals surface area contributed by atoms with Crippen molar-refractivity contribution in [3.63, 3.8) is 0 Å². The second-order valence-corrected chi connectivity index (χ2v) is 10.3. The van der Waals surface area contributed by atoms with Crippen molar-refractivity contribution in [1.29, 1.82) is 0 Å². The first-order valence-electron chi connectivity index (χ1n) is 9.15. The predicted molar refractivity (Wildman–Crippen MR) is 122 cm³/mol. The maximum atomic E-state index is 2.34. The average molecular weight is 415 g/mol. The average Bonchev–Trinajstić information content (AvgIpc) is 3.44. The van der Waals surface area contributed by atoms with Crippen LogP contribution in [0.1, 0.15) is 37.5 Å². The molecule has 26 heavy (non-hydrogen) atoms. The van der Waals surface area contributed by atoms with Crippen LogP contribution in [-0.2, 0) is 6.42 Å². The Kier molecular flexibility index (Phi) is 6.05. The summed E-state index contributed by atoms with van der Waals surface area (Å²) in [5.41, 5.74) is 2.77. The zero-order valence-electron chi connectivity index (χ0n) is 14.9. The fourth-order valence-electron chi connectivity index (χ4n) is 3.18. The first-order chi connectivity index (χ1) is 12.9. The molecular weight excluding hydrogens is 393 g/mol. The van der Waals surface area contributed by atoms with Crippen molar-refractivity contribution in [2.75, 3.05) is 0 Å². The molecule has 4 heterocycles.